The van der Waals surface area contributed by atoms with Gasteiger partial charge in [-0.3, -0.25) is 19.3 Å². The summed E-state index contributed by atoms with van der Waals surface area (Å²) in [7, 11) is 2.97. The number of Topliss-reactive ketones (excluding diaryl/α,β-unsaturated/α-hetero) is 2. The van der Waals surface area contributed by atoms with E-state index in [4.69, 9.17) is 17.3 Å². The van der Waals surface area contributed by atoms with Gasteiger partial charge in [-0.2, -0.15) is 0 Å². The maximum atomic E-state index is 13.6. The maximum Gasteiger partial charge on any atom is 0.255 e. The molecule has 0 heterocycles. The first-order chi connectivity index (χ1) is 14.8. The molecule has 0 saturated heterocycles. The number of hydrogen-bond acceptors (Lipinski definition) is 9. The zero-order valence-corrected chi connectivity index (χ0v) is 17.8. The number of amides is 1. The van der Waals surface area contributed by atoms with Gasteiger partial charge >= 0.3 is 0 Å². The summed E-state index contributed by atoms with van der Waals surface area (Å²) in [6.07, 6.45) is -1.70. The van der Waals surface area contributed by atoms with Crippen LogP contribution in [0.2, 0.25) is 5.02 Å². The average Bonchev–Trinajstić information content (AvgIpc) is 2.69. The number of carbonyl (C=O) groups is 3. The molecular formula is C21H21ClN2O8. The van der Waals surface area contributed by atoms with Crippen molar-refractivity contribution in [2.45, 2.75) is 24.2 Å². The van der Waals surface area contributed by atoms with Crippen LogP contribution in [-0.4, -0.2) is 73.6 Å². The first kappa shape index (κ1) is 22.3. The Balaban J connectivity index is 2.03. The highest BCUT2D eigenvalue weighted by molar-refractivity contribution is 6.32. The van der Waals surface area contributed by atoms with E-state index in [1.165, 1.54) is 31.1 Å². The smallest absolute Gasteiger partial charge is 0.255 e. The van der Waals surface area contributed by atoms with Crippen molar-refractivity contribution in [1.82, 2.24) is 4.90 Å². The monoisotopic (exact) mass is 464 g/mol. The van der Waals surface area contributed by atoms with E-state index in [0.717, 1.165) is 0 Å². The van der Waals surface area contributed by atoms with Gasteiger partial charge in [0.25, 0.3) is 5.91 Å². The van der Waals surface area contributed by atoms with Gasteiger partial charge in [-0.05, 0) is 32.6 Å². The van der Waals surface area contributed by atoms with E-state index in [9.17, 15) is 39.9 Å². The normalized spacial score (nSPS) is 32.1. The summed E-state index contributed by atoms with van der Waals surface area (Å²) in [5.74, 6) is -8.19. The van der Waals surface area contributed by atoms with Crippen molar-refractivity contribution in [3.63, 3.8) is 0 Å². The van der Waals surface area contributed by atoms with Crippen LogP contribution in [0.3, 0.4) is 0 Å². The third-order valence-electron chi connectivity index (χ3n) is 6.64. The highest BCUT2D eigenvalue weighted by Crippen LogP contribution is 2.56. The average molecular weight is 465 g/mol. The number of rotatable bonds is 2. The van der Waals surface area contributed by atoms with Crippen LogP contribution in [0.4, 0.5) is 0 Å². The van der Waals surface area contributed by atoms with Gasteiger partial charge in [-0.1, -0.05) is 11.6 Å². The number of aromatic hydroxyl groups is 1. The molecule has 1 unspecified atom stereocenters. The summed E-state index contributed by atoms with van der Waals surface area (Å²) < 4.78 is 0. The van der Waals surface area contributed by atoms with Gasteiger partial charge in [0, 0.05) is 28.0 Å². The van der Waals surface area contributed by atoms with Crippen molar-refractivity contribution >= 4 is 34.8 Å². The van der Waals surface area contributed by atoms with Crippen LogP contribution in [-0.2, 0) is 14.4 Å². The number of aliphatic hydroxyl groups excluding tert-OH is 3. The lowest BCUT2D eigenvalue weighted by Gasteiger charge is -2.51. The fourth-order valence-electron chi connectivity index (χ4n) is 5.24. The molecule has 0 radical (unpaired) electrons. The number of nitrogens with zero attached hydrogens (tertiary/aromatic N) is 1. The van der Waals surface area contributed by atoms with E-state index < -0.39 is 75.5 Å². The number of aliphatic hydroxyl groups is 4. The molecule has 32 heavy (non-hydrogen) atoms. The van der Waals surface area contributed by atoms with Crippen LogP contribution < -0.4 is 5.73 Å². The highest BCUT2D eigenvalue weighted by Gasteiger charge is 2.65. The number of phenolic OH excluding ortho intramolecular Hbond substituents is 1. The van der Waals surface area contributed by atoms with Gasteiger partial charge in [-0.25, -0.2) is 0 Å². The molecule has 11 heteroatoms. The molecule has 10 nitrogen and oxygen atoms in total. The Morgan fingerprint density at radius 2 is 1.84 bits per heavy atom. The van der Waals surface area contributed by atoms with E-state index in [1.807, 2.05) is 0 Å². The largest absolute Gasteiger partial charge is 0.508 e. The lowest BCUT2D eigenvalue weighted by atomic mass is 9.57. The number of likely N-dealkylation sites (N-methyl/N-ethyl adjacent to an activating group) is 1. The third-order valence-corrected chi connectivity index (χ3v) is 6.97. The fraction of sp³-hybridized carbons (Fsp3) is 0.381. The predicted octanol–water partition coefficient (Wildman–Crippen LogP) is 0.108. The van der Waals surface area contributed by atoms with Gasteiger partial charge in [-0.15, -0.1) is 0 Å². The van der Waals surface area contributed by atoms with E-state index in [-0.39, 0.29) is 22.6 Å². The molecule has 1 fully saturated rings. The number of nitrogens with two attached hydrogens (primary N) is 1. The van der Waals surface area contributed by atoms with Gasteiger partial charge in [0.2, 0.25) is 5.78 Å². The maximum absolute atomic E-state index is 13.6. The van der Waals surface area contributed by atoms with Gasteiger partial charge < -0.3 is 31.3 Å². The molecular weight excluding hydrogens is 444 g/mol. The van der Waals surface area contributed by atoms with E-state index in [1.54, 1.807) is 0 Å². The van der Waals surface area contributed by atoms with Crippen LogP contribution in [0.15, 0.2) is 29.0 Å². The predicted molar refractivity (Wildman–Crippen MR) is 111 cm³/mol. The van der Waals surface area contributed by atoms with Crippen molar-refractivity contribution < 1.29 is 39.9 Å². The minimum absolute atomic E-state index is 0.00251. The molecule has 4 rings (SSSR count). The van der Waals surface area contributed by atoms with Crippen molar-refractivity contribution in [3.05, 3.63) is 45.2 Å². The third kappa shape index (κ3) is 2.61. The molecule has 3 aliphatic rings. The fourth-order valence-corrected chi connectivity index (χ4v) is 5.51. The second-order valence-electron chi connectivity index (χ2n) is 8.47. The molecule has 170 valence electrons. The van der Waals surface area contributed by atoms with Crippen molar-refractivity contribution in [2.75, 3.05) is 14.1 Å². The topological polar surface area (TPSA) is 182 Å². The number of ketones is 2. The molecule has 1 saturated carbocycles. The standard InChI is InChI=1S/C21H21ClN2O8/c1-24(2)14-7-5-6-10(16(27)12-9(25)4-3-8(22)11(12)15(6)26)18(29)21(7,32)19(30)13(17(14)28)20(23)31/h3-4,6-7,14-15,25-27,30,32H,5H2,1-2H3,(H2,23,31)/t6-,7-,14-,15?,21-/m0/s1. The van der Waals surface area contributed by atoms with Crippen LogP contribution in [0, 0.1) is 11.8 Å². The van der Waals surface area contributed by atoms with Crippen molar-refractivity contribution in [2.24, 2.45) is 17.6 Å². The van der Waals surface area contributed by atoms with Crippen molar-refractivity contribution in [1.29, 1.82) is 0 Å². The molecule has 0 aliphatic heterocycles. The summed E-state index contributed by atoms with van der Waals surface area (Å²) in [4.78, 5) is 39.8. The number of phenols is 1. The number of carbonyl (C=O) groups excluding carboxylic acids is 3. The molecule has 1 aromatic carbocycles. The molecule has 7 N–H and O–H groups in total. The number of benzene rings is 1. The second-order valence-corrected chi connectivity index (χ2v) is 8.87. The quantitative estimate of drug-likeness (QED) is 0.331. The Kier molecular flexibility index (Phi) is 4.90. The Bertz CT molecular complexity index is 1160. The minimum atomic E-state index is -2.77. The van der Waals surface area contributed by atoms with Crippen LogP contribution in [0.5, 0.6) is 5.75 Å². The zero-order valence-electron chi connectivity index (χ0n) is 17.0. The summed E-state index contributed by atoms with van der Waals surface area (Å²) in [5.41, 5.74) is 0.845. The first-order valence-electron chi connectivity index (χ1n) is 9.69. The van der Waals surface area contributed by atoms with E-state index in [0.29, 0.717) is 0 Å². The Morgan fingerprint density at radius 1 is 1.22 bits per heavy atom. The molecule has 3 aliphatic carbocycles. The summed E-state index contributed by atoms with van der Waals surface area (Å²) in [5, 5.41) is 54.4. The lowest BCUT2D eigenvalue weighted by molar-refractivity contribution is -0.155. The highest BCUT2D eigenvalue weighted by atomic mass is 35.5. The Hall–Kier alpha value is -2.92. The molecule has 1 amide bonds. The zero-order chi connectivity index (χ0) is 23.9. The summed E-state index contributed by atoms with van der Waals surface area (Å²) >= 11 is 6.19. The Morgan fingerprint density at radius 3 is 2.41 bits per heavy atom. The van der Waals surface area contributed by atoms with E-state index >= 15 is 0 Å². The molecule has 0 aromatic heterocycles. The number of hydrogen-bond donors (Lipinski definition) is 6. The number of fused-ring (bicyclic) bond motifs is 3. The van der Waals surface area contributed by atoms with Crippen LogP contribution in [0.25, 0.3) is 5.76 Å². The van der Waals surface area contributed by atoms with Crippen LogP contribution >= 0.6 is 11.6 Å². The van der Waals surface area contributed by atoms with Crippen LogP contribution in [0.1, 0.15) is 23.7 Å². The second kappa shape index (κ2) is 7.04. The van der Waals surface area contributed by atoms with Gasteiger partial charge in [0.1, 0.15) is 22.8 Å². The lowest BCUT2D eigenvalue weighted by Crippen LogP contribution is -2.66. The Labute approximate surface area is 186 Å². The minimum Gasteiger partial charge on any atom is -0.508 e. The summed E-state index contributed by atoms with van der Waals surface area (Å²) in [6, 6.07) is 1.25. The number of halogens is 1. The summed E-state index contributed by atoms with van der Waals surface area (Å²) in [6.45, 7) is 0. The molecule has 0 spiro atoms. The van der Waals surface area contributed by atoms with E-state index in [2.05, 4.69) is 0 Å². The molecule has 0 bridgehead atoms. The molecule has 5 atom stereocenters. The van der Waals surface area contributed by atoms with Gasteiger partial charge in [0.05, 0.1) is 17.7 Å². The first-order valence-corrected chi connectivity index (χ1v) is 10.1. The number of primary amides is 1. The van der Waals surface area contributed by atoms with Gasteiger partial charge in [0.15, 0.2) is 11.4 Å². The SMILES string of the molecule is CN(C)[C@@H]1C(=O)C(C(N)=O)=C(O)[C@@]2(O)C(=O)C3=C(O)c4c(O)ccc(Cl)c4C(O)[C@H]3C[C@@H]12. The van der Waals surface area contributed by atoms with Crippen molar-refractivity contribution in [3.8, 4) is 5.75 Å². The molecule has 1 aromatic rings.